The summed E-state index contributed by atoms with van der Waals surface area (Å²) in [4.78, 5) is 12.3. The van der Waals surface area contributed by atoms with Gasteiger partial charge >= 0.3 is 0 Å². The number of hydrogen-bond donors (Lipinski definition) is 1. The average Bonchev–Trinajstić information content (AvgIpc) is 2.86. The summed E-state index contributed by atoms with van der Waals surface area (Å²) < 4.78 is 16.2. The summed E-state index contributed by atoms with van der Waals surface area (Å²) >= 11 is 0. The molecule has 6 nitrogen and oxygen atoms in total. The SMILES string of the molecule is COc1cccc2c1OCC(NC(=O)Cc1c(C)noc1C)C2. The minimum Gasteiger partial charge on any atom is -0.493 e. The first-order valence-electron chi connectivity index (χ1n) is 7.58. The Morgan fingerprint density at radius 2 is 2.26 bits per heavy atom. The number of aryl methyl sites for hydroxylation is 2. The number of ether oxygens (including phenoxy) is 2. The molecule has 3 rings (SSSR count). The number of nitrogens with zero attached hydrogens (tertiary/aromatic N) is 1. The molecule has 0 radical (unpaired) electrons. The highest BCUT2D eigenvalue weighted by Gasteiger charge is 2.24. The lowest BCUT2D eigenvalue weighted by Gasteiger charge is -2.27. The van der Waals surface area contributed by atoms with Crippen molar-refractivity contribution in [2.24, 2.45) is 0 Å². The second-order valence-electron chi connectivity index (χ2n) is 5.71. The molecule has 1 aliphatic rings. The minimum absolute atomic E-state index is 0.0532. The van der Waals surface area contributed by atoms with Gasteiger partial charge in [-0.1, -0.05) is 17.3 Å². The zero-order valence-electron chi connectivity index (χ0n) is 13.5. The maximum absolute atomic E-state index is 12.3. The van der Waals surface area contributed by atoms with E-state index in [1.54, 1.807) is 7.11 Å². The number of para-hydroxylation sites is 1. The molecule has 23 heavy (non-hydrogen) atoms. The molecule has 0 bridgehead atoms. The Hall–Kier alpha value is -2.50. The van der Waals surface area contributed by atoms with Crippen LogP contribution in [0.25, 0.3) is 0 Å². The minimum atomic E-state index is -0.0562. The van der Waals surface area contributed by atoms with Crippen molar-refractivity contribution >= 4 is 5.91 Å². The number of amides is 1. The van der Waals surface area contributed by atoms with Gasteiger partial charge in [-0.3, -0.25) is 4.79 Å². The molecule has 0 aliphatic carbocycles. The largest absolute Gasteiger partial charge is 0.493 e. The third-order valence-corrected chi connectivity index (χ3v) is 4.06. The highest BCUT2D eigenvalue weighted by atomic mass is 16.5. The van der Waals surface area contributed by atoms with Gasteiger partial charge in [-0.25, -0.2) is 0 Å². The second-order valence-corrected chi connectivity index (χ2v) is 5.71. The summed E-state index contributed by atoms with van der Waals surface area (Å²) in [6, 6.07) is 5.73. The highest BCUT2D eigenvalue weighted by molar-refractivity contribution is 5.79. The molecule has 1 N–H and O–H groups in total. The Balaban J connectivity index is 1.64. The van der Waals surface area contributed by atoms with Crippen molar-refractivity contribution in [2.45, 2.75) is 32.7 Å². The predicted octanol–water partition coefficient (Wildman–Crippen LogP) is 1.96. The van der Waals surface area contributed by atoms with E-state index in [0.717, 1.165) is 34.7 Å². The van der Waals surface area contributed by atoms with Crippen molar-refractivity contribution in [3.8, 4) is 11.5 Å². The number of aromatic nitrogens is 1. The average molecular weight is 316 g/mol. The van der Waals surface area contributed by atoms with Crippen molar-refractivity contribution < 1.29 is 18.8 Å². The molecule has 1 aliphatic heterocycles. The first-order valence-corrected chi connectivity index (χ1v) is 7.58. The summed E-state index contributed by atoms with van der Waals surface area (Å²) in [6.07, 6.45) is 0.989. The molecule has 1 atom stereocenters. The molecule has 1 aromatic carbocycles. The van der Waals surface area contributed by atoms with Crippen LogP contribution in [-0.4, -0.2) is 30.8 Å². The predicted molar refractivity (Wildman–Crippen MR) is 83.8 cm³/mol. The Morgan fingerprint density at radius 3 is 2.96 bits per heavy atom. The van der Waals surface area contributed by atoms with Crippen LogP contribution in [0.4, 0.5) is 0 Å². The Labute approximate surface area is 134 Å². The van der Waals surface area contributed by atoms with Crippen LogP contribution in [0.5, 0.6) is 11.5 Å². The third kappa shape index (κ3) is 3.16. The molecule has 0 fully saturated rings. The van der Waals surface area contributed by atoms with Gasteiger partial charge in [-0.2, -0.15) is 0 Å². The van der Waals surface area contributed by atoms with E-state index in [9.17, 15) is 4.79 Å². The Bertz CT molecular complexity index is 704. The molecule has 1 amide bonds. The van der Waals surface area contributed by atoms with Crippen LogP contribution in [0.15, 0.2) is 22.7 Å². The van der Waals surface area contributed by atoms with Gasteiger partial charge in [0.2, 0.25) is 5.91 Å². The molecule has 1 aromatic heterocycles. The quantitative estimate of drug-likeness (QED) is 0.933. The molecule has 122 valence electrons. The topological polar surface area (TPSA) is 73.6 Å². The fourth-order valence-electron chi connectivity index (χ4n) is 2.84. The number of carbonyl (C=O) groups excluding carboxylic acids is 1. The lowest BCUT2D eigenvalue weighted by molar-refractivity contribution is -0.121. The number of benzene rings is 1. The van der Waals surface area contributed by atoms with Crippen molar-refractivity contribution in [3.63, 3.8) is 0 Å². The van der Waals surface area contributed by atoms with Crippen molar-refractivity contribution in [1.82, 2.24) is 10.5 Å². The van der Waals surface area contributed by atoms with Crippen molar-refractivity contribution in [2.75, 3.05) is 13.7 Å². The molecular weight excluding hydrogens is 296 g/mol. The molecule has 1 unspecified atom stereocenters. The third-order valence-electron chi connectivity index (χ3n) is 4.06. The van der Waals surface area contributed by atoms with Crippen molar-refractivity contribution in [1.29, 1.82) is 0 Å². The number of nitrogens with one attached hydrogen (secondary N) is 1. The van der Waals surface area contributed by atoms with E-state index >= 15 is 0 Å². The maximum atomic E-state index is 12.3. The van der Waals surface area contributed by atoms with Crippen LogP contribution in [0.2, 0.25) is 0 Å². The molecule has 2 aromatic rings. The molecule has 0 spiro atoms. The summed E-state index contributed by atoms with van der Waals surface area (Å²) in [7, 11) is 1.62. The van der Waals surface area contributed by atoms with Gasteiger partial charge in [-0.05, 0) is 26.3 Å². The van der Waals surface area contributed by atoms with Gasteiger partial charge in [0.25, 0.3) is 0 Å². The van der Waals surface area contributed by atoms with Gasteiger partial charge in [0.15, 0.2) is 11.5 Å². The molecule has 0 saturated carbocycles. The monoisotopic (exact) mass is 316 g/mol. The van der Waals surface area contributed by atoms with E-state index in [0.29, 0.717) is 12.4 Å². The summed E-state index contributed by atoms with van der Waals surface area (Å²) in [6.45, 7) is 4.08. The van der Waals surface area contributed by atoms with Crippen LogP contribution in [0.1, 0.15) is 22.6 Å². The number of carbonyl (C=O) groups is 1. The first-order chi connectivity index (χ1) is 11.1. The highest BCUT2D eigenvalue weighted by Crippen LogP contribution is 2.34. The van der Waals surface area contributed by atoms with Crippen LogP contribution in [0, 0.1) is 13.8 Å². The fraction of sp³-hybridized carbons (Fsp3) is 0.412. The fourth-order valence-corrected chi connectivity index (χ4v) is 2.84. The first kappa shape index (κ1) is 15.4. The molecule has 6 heteroatoms. The zero-order valence-corrected chi connectivity index (χ0v) is 13.5. The van der Waals surface area contributed by atoms with E-state index < -0.39 is 0 Å². The van der Waals surface area contributed by atoms with Gasteiger partial charge in [0.1, 0.15) is 12.4 Å². The van der Waals surface area contributed by atoms with E-state index in [-0.39, 0.29) is 18.4 Å². The van der Waals surface area contributed by atoms with Crippen LogP contribution in [0.3, 0.4) is 0 Å². The molecular formula is C17H20N2O4. The Morgan fingerprint density at radius 1 is 1.43 bits per heavy atom. The van der Waals surface area contributed by atoms with E-state index in [1.165, 1.54) is 0 Å². The number of methoxy groups -OCH3 is 1. The lowest BCUT2D eigenvalue weighted by atomic mass is 10.0. The summed E-state index contributed by atoms with van der Waals surface area (Å²) in [5, 5.41) is 6.89. The number of fused-ring (bicyclic) bond motifs is 1. The smallest absolute Gasteiger partial charge is 0.224 e. The van der Waals surface area contributed by atoms with Gasteiger partial charge in [-0.15, -0.1) is 0 Å². The van der Waals surface area contributed by atoms with Gasteiger partial charge in [0.05, 0.1) is 25.3 Å². The zero-order chi connectivity index (χ0) is 16.4. The normalized spacial score (nSPS) is 16.4. The van der Waals surface area contributed by atoms with Gasteiger partial charge in [0, 0.05) is 11.1 Å². The lowest BCUT2D eigenvalue weighted by Crippen LogP contribution is -2.43. The van der Waals surface area contributed by atoms with Gasteiger partial charge < -0.3 is 19.3 Å². The van der Waals surface area contributed by atoms with E-state index in [4.69, 9.17) is 14.0 Å². The molecule has 0 saturated heterocycles. The second kappa shape index (κ2) is 6.32. The molecule has 2 heterocycles. The number of rotatable bonds is 4. The van der Waals surface area contributed by atoms with Crippen LogP contribution >= 0.6 is 0 Å². The van der Waals surface area contributed by atoms with Crippen LogP contribution < -0.4 is 14.8 Å². The number of hydrogen-bond acceptors (Lipinski definition) is 5. The van der Waals surface area contributed by atoms with E-state index in [2.05, 4.69) is 10.5 Å². The summed E-state index contributed by atoms with van der Waals surface area (Å²) in [5.41, 5.74) is 2.65. The Kier molecular flexibility index (Phi) is 4.23. The van der Waals surface area contributed by atoms with Crippen molar-refractivity contribution in [3.05, 3.63) is 40.8 Å². The van der Waals surface area contributed by atoms with Crippen LogP contribution in [-0.2, 0) is 17.6 Å². The summed E-state index contributed by atoms with van der Waals surface area (Å²) in [5.74, 6) is 2.13. The maximum Gasteiger partial charge on any atom is 0.224 e. The standard InChI is InChI=1S/C17H20N2O4/c1-10-14(11(2)23-19-10)8-16(20)18-13-7-12-5-4-6-15(21-3)17(12)22-9-13/h4-6,13H,7-9H2,1-3H3,(H,18,20). The van der Waals surface area contributed by atoms with E-state index in [1.807, 2.05) is 32.0 Å².